The lowest BCUT2D eigenvalue weighted by molar-refractivity contribution is 0.311. The Hall–Kier alpha value is -3.25. The van der Waals surface area contributed by atoms with Crippen LogP contribution in [0.4, 0.5) is 5.82 Å². The lowest BCUT2D eigenvalue weighted by Gasteiger charge is -2.14. The largest absolute Gasteiger partial charge is 0.395 e. The second kappa shape index (κ2) is 7.55. The molecule has 2 heterocycles. The monoisotopic (exact) mass is 359 g/mol. The van der Waals surface area contributed by atoms with Crippen molar-refractivity contribution in [2.75, 3.05) is 18.5 Å². The van der Waals surface area contributed by atoms with Crippen LogP contribution >= 0.6 is 0 Å². The summed E-state index contributed by atoms with van der Waals surface area (Å²) >= 11 is 0. The summed E-state index contributed by atoms with van der Waals surface area (Å²) in [5.74, 6) is 2.00. The van der Waals surface area contributed by atoms with Crippen LogP contribution in [0.1, 0.15) is 16.8 Å². The summed E-state index contributed by atoms with van der Waals surface area (Å²) in [6, 6.07) is 20.1. The minimum Gasteiger partial charge on any atom is -0.395 e. The fraction of sp³-hybridized carbons (Fsp3) is 0.190. The van der Waals surface area contributed by atoms with Gasteiger partial charge < -0.3 is 10.4 Å². The van der Waals surface area contributed by atoms with Crippen molar-refractivity contribution < 1.29 is 5.11 Å². The van der Waals surface area contributed by atoms with E-state index in [9.17, 15) is 5.11 Å². The van der Waals surface area contributed by atoms with Crippen LogP contribution in [0.2, 0.25) is 0 Å². The van der Waals surface area contributed by atoms with Gasteiger partial charge in [0.05, 0.1) is 6.61 Å². The first-order valence-electron chi connectivity index (χ1n) is 8.96. The van der Waals surface area contributed by atoms with Gasteiger partial charge in [-0.3, -0.25) is 0 Å². The van der Waals surface area contributed by atoms with E-state index in [1.54, 1.807) is 4.52 Å². The molecule has 0 atom stereocenters. The topological polar surface area (TPSA) is 75.3 Å². The van der Waals surface area contributed by atoms with E-state index in [1.165, 1.54) is 5.56 Å². The number of hydrogen-bond donors (Lipinski definition) is 2. The molecule has 6 nitrogen and oxygen atoms in total. The summed E-state index contributed by atoms with van der Waals surface area (Å²) in [6.45, 7) is 2.45. The summed E-state index contributed by atoms with van der Waals surface area (Å²) in [7, 11) is 0. The Morgan fingerprint density at radius 1 is 0.963 bits per heavy atom. The number of hydrogen-bond acceptors (Lipinski definition) is 5. The van der Waals surface area contributed by atoms with Crippen molar-refractivity contribution in [2.24, 2.45) is 0 Å². The lowest BCUT2D eigenvalue weighted by Crippen LogP contribution is -2.14. The molecular weight excluding hydrogens is 338 g/mol. The molecule has 2 aromatic heterocycles. The number of nitrogens with zero attached hydrogens (tertiary/aromatic N) is 4. The summed E-state index contributed by atoms with van der Waals surface area (Å²) in [5, 5.41) is 17.3. The van der Waals surface area contributed by atoms with Crippen molar-refractivity contribution in [1.82, 2.24) is 19.6 Å². The highest BCUT2D eigenvalue weighted by Crippen LogP contribution is 2.25. The number of aliphatic hydroxyl groups is 1. The zero-order chi connectivity index (χ0) is 18.6. The zero-order valence-electron chi connectivity index (χ0n) is 15.1. The molecule has 4 aromatic rings. The molecule has 0 fully saturated rings. The van der Waals surface area contributed by atoms with Gasteiger partial charge in [0.2, 0.25) is 0 Å². The predicted octanol–water partition coefficient (Wildman–Crippen LogP) is 3.09. The van der Waals surface area contributed by atoms with E-state index >= 15 is 0 Å². The highest BCUT2D eigenvalue weighted by molar-refractivity contribution is 5.60. The molecule has 0 aliphatic heterocycles. The second-order valence-corrected chi connectivity index (χ2v) is 6.35. The summed E-state index contributed by atoms with van der Waals surface area (Å²) in [6.07, 6.45) is 0.726. The molecule has 0 bridgehead atoms. The molecule has 136 valence electrons. The molecule has 6 heteroatoms. The number of aliphatic hydroxyl groups excluding tert-OH is 1. The summed E-state index contributed by atoms with van der Waals surface area (Å²) in [4.78, 5) is 9.27. The van der Waals surface area contributed by atoms with Crippen molar-refractivity contribution >= 4 is 11.6 Å². The van der Waals surface area contributed by atoms with Gasteiger partial charge >= 0.3 is 0 Å². The first kappa shape index (κ1) is 17.2. The average molecular weight is 359 g/mol. The molecule has 2 aromatic carbocycles. The SMILES string of the molecule is Cc1nc2nc(-c3ccccc3)nn2c(NCCO)c1Cc1ccccc1. The molecule has 0 saturated carbocycles. The number of nitrogens with one attached hydrogen (secondary N) is 1. The van der Waals surface area contributed by atoms with Crippen LogP contribution in [-0.2, 0) is 6.42 Å². The van der Waals surface area contributed by atoms with Crippen LogP contribution in [-0.4, -0.2) is 37.8 Å². The molecule has 0 unspecified atom stereocenters. The molecule has 0 radical (unpaired) electrons. The van der Waals surface area contributed by atoms with E-state index in [1.807, 2.05) is 55.5 Å². The average Bonchev–Trinajstić information content (AvgIpc) is 3.13. The Balaban J connectivity index is 1.85. The van der Waals surface area contributed by atoms with Gasteiger partial charge in [-0.15, -0.1) is 5.10 Å². The third kappa shape index (κ3) is 3.52. The normalized spacial score (nSPS) is 11.0. The minimum atomic E-state index is 0.0356. The fourth-order valence-electron chi connectivity index (χ4n) is 3.12. The molecule has 4 rings (SSSR count). The lowest BCUT2D eigenvalue weighted by atomic mass is 10.0. The Labute approximate surface area is 157 Å². The van der Waals surface area contributed by atoms with E-state index in [-0.39, 0.29) is 6.61 Å². The van der Waals surface area contributed by atoms with Gasteiger partial charge in [0.1, 0.15) is 5.82 Å². The van der Waals surface area contributed by atoms with Gasteiger partial charge in [-0.05, 0) is 12.5 Å². The smallest absolute Gasteiger partial charge is 0.254 e. The first-order chi connectivity index (χ1) is 13.3. The maximum Gasteiger partial charge on any atom is 0.254 e. The minimum absolute atomic E-state index is 0.0356. The van der Waals surface area contributed by atoms with E-state index in [4.69, 9.17) is 0 Å². The summed E-state index contributed by atoms with van der Waals surface area (Å²) in [5.41, 5.74) is 4.08. The standard InChI is InChI=1S/C21H21N5O/c1-15-18(14-16-8-4-2-5-9-16)20(22-12-13-27)26-21(23-15)24-19(25-26)17-10-6-3-7-11-17/h2-11,22,27H,12-14H2,1H3. The molecule has 0 saturated heterocycles. The number of anilines is 1. The highest BCUT2D eigenvalue weighted by Gasteiger charge is 2.17. The van der Waals surface area contributed by atoms with Gasteiger partial charge in [-0.2, -0.15) is 9.50 Å². The Bertz CT molecular complexity index is 1040. The number of aryl methyl sites for hydroxylation is 1. The van der Waals surface area contributed by atoms with Gasteiger partial charge in [-0.1, -0.05) is 60.7 Å². The zero-order valence-corrected chi connectivity index (χ0v) is 15.1. The maximum absolute atomic E-state index is 9.31. The molecule has 27 heavy (non-hydrogen) atoms. The predicted molar refractivity (Wildman–Crippen MR) is 106 cm³/mol. The van der Waals surface area contributed by atoms with E-state index in [0.29, 0.717) is 18.1 Å². The third-order valence-electron chi connectivity index (χ3n) is 4.45. The first-order valence-corrected chi connectivity index (χ1v) is 8.96. The highest BCUT2D eigenvalue weighted by atomic mass is 16.3. The number of benzene rings is 2. The van der Waals surface area contributed by atoms with Gasteiger partial charge in [-0.25, -0.2) is 4.98 Å². The molecule has 0 aliphatic rings. The van der Waals surface area contributed by atoms with Gasteiger partial charge in [0, 0.05) is 29.8 Å². The fourth-order valence-corrected chi connectivity index (χ4v) is 3.12. The van der Waals surface area contributed by atoms with Gasteiger partial charge in [0.25, 0.3) is 5.78 Å². The van der Waals surface area contributed by atoms with Crippen LogP contribution in [0.25, 0.3) is 17.2 Å². The molecular formula is C21H21N5O. The molecule has 0 aliphatic carbocycles. The second-order valence-electron chi connectivity index (χ2n) is 6.35. The Morgan fingerprint density at radius 3 is 2.37 bits per heavy atom. The van der Waals surface area contributed by atoms with Crippen molar-refractivity contribution in [2.45, 2.75) is 13.3 Å². The Kier molecular flexibility index (Phi) is 4.80. The van der Waals surface area contributed by atoms with Gasteiger partial charge in [0.15, 0.2) is 5.82 Å². The quantitative estimate of drug-likeness (QED) is 0.553. The molecule has 0 spiro atoms. The number of rotatable bonds is 6. The van der Waals surface area contributed by atoms with Crippen molar-refractivity contribution in [3.63, 3.8) is 0 Å². The van der Waals surface area contributed by atoms with Crippen LogP contribution in [0.15, 0.2) is 60.7 Å². The van der Waals surface area contributed by atoms with Crippen LogP contribution in [0, 0.1) is 6.92 Å². The number of aromatic nitrogens is 4. The molecule has 0 amide bonds. The van der Waals surface area contributed by atoms with Crippen molar-refractivity contribution in [3.8, 4) is 11.4 Å². The van der Waals surface area contributed by atoms with Crippen LogP contribution < -0.4 is 5.32 Å². The summed E-state index contributed by atoms with van der Waals surface area (Å²) < 4.78 is 1.74. The van der Waals surface area contributed by atoms with Crippen LogP contribution in [0.3, 0.4) is 0 Å². The van der Waals surface area contributed by atoms with Crippen LogP contribution in [0.5, 0.6) is 0 Å². The number of fused-ring (bicyclic) bond motifs is 1. The van der Waals surface area contributed by atoms with E-state index in [0.717, 1.165) is 29.1 Å². The van der Waals surface area contributed by atoms with Crippen molar-refractivity contribution in [3.05, 3.63) is 77.5 Å². The third-order valence-corrected chi connectivity index (χ3v) is 4.45. The Morgan fingerprint density at radius 2 is 1.67 bits per heavy atom. The molecule has 2 N–H and O–H groups in total. The van der Waals surface area contributed by atoms with E-state index in [2.05, 4.69) is 32.5 Å². The maximum atomic E-state index is 9.31. The van der Waals surface area contributed by atoms with Crippen molar-refractivity contribution in [1.29, 1.82) is 0 Å². The van der Waals surface area contributed by atoms with E-state index < -0.39 is 0 Å².